The predicted molar refractivity (Wildman–Crippen MR) is 81.5 cm³/mol. The highest BCUT2D eigenvalue weighted by molar-refractivity contribution is 5.81. The number of rotatable bonds is 8. The zero-order chi connectivity index (χ0) is 15.8. The molecule has 0 N–H and O–H groups in total. The molecule has 1 rings (SSSR count). The Morgan fingerprint density at radius 3 is 2.71 bits per heavy atom. The molecule has 1 atom stereocenters. The number of amides is 1. The maximum Gasteiger partial charge on any atom is 0.239 e. The summed E-state index contributed by atoms with van der Waals surface area (Å²) in [6.45, 7) is 3.78. The van der Waals surface area contributed by atoms with Crippen LogP contribution in [0.5, 0.6) is 0 Å². The van der Waals surface area contributed by atoms with E-state index in [-0.39, 0.29) is 17.8 Å². The van der Waals surface area contributed by atoms with E-state index in [1.165, 1.54) is 12.1 Å². The predicted octanol–water partition coefficient (Wildman–Crippen LogP) is 2.14. The number of hydrogen-bond acceptors (Lipinski definition) is 3. The molecule has 0 saturated carbocycles. The average molecular weight is 296 g/mol. The molecule has 0 radical (unpaired) electrons. The maximum absolute atomic E-state index is 13.2. The van der Waals surface area contributed by atoms with Crippen molar-refractivity contribution in [3.05, 3.63) is 35.6 Å². The Morgan fingerprint density at radius 2 is 2.10 bits per heavy atom. The van der Waals surface area contributed by atoms with E-state index in [4.69, 9.17) is 4.74 Å². The van der Waals surface area contributed by atoms with E-state index in [1.807, 2.05) is 24.9 Å². The van der Waals surface area contributed by atoms with Crippen molar-refractivity contribution in [3.8, 4) is 0 Å². The molecule has 1 aromatic carbocycles. The summed E-state index contributed by atoms with van der Waals surface area (Å²) in [5, 5.41) is 0. The Hall–Kier alpha value is -1.46. The molecule has 1 unspecified atom stereocenters. The Bertz CT molecular complexity index is 454. The molecular weight excluding hydrogens is 271 g/mol. The van der Waals surface area contributed by atoms with E-state index in [0.717, 1.165) is 18.5 Å². The highest BCUT2D eigenvalue weighted by atomic mass is 19.1. The molecule has 0 aliphatic heterocycles. The van der Waals surface area contributed by atoms with Gasteiger partial charge in [-0.2, -0.15) is 0 Å². The van der Waals surface area contributed by atoms with Crippen molar-refractivity contribution in [1.29, 1.82) is 0 Å². The van der Waals surface area contributed by atoms with Crippen LogP contribution in [0.3, 0.4) is 0 Å². The molecule has 0 aliphatic carbocycles. The number of halogens is 1. The van der Waals surface area contributed by atoms with Gasteiger partial charge in [0.2, 0.25) is 5.91 Å². The molecule has 1 amide bonds. The van der Waals surface area contributed by atoms with Gasteiger partial charge < -0.3 is 9.64 Å². The lowest BCUT2D eigenvalue weighted by atomic mass is 10.2. The highest BCUT2D eigenvalue weighted by Gasteiger charge is 2.21. The van der Waals surface area contributed by atoms with E-state index in [2.05, 4.69) is 0 Å². The first-order valence-corrected chi connectivity index (χ1v) is 7.14. The summed E-state index contributed by atoms with van der Waals surface area (Å²) < 4.78 is 18.2. The van der Waals surface area contributed by atoms with Crippen LogP contribution in [0.4, 0.5) is 4.39 Å². The first-order valence-electron chi connectivity index (χ1n) is 7.14. The Morgan fingerprint density at radius 1 is 1.38 bits per heavy atom. The number of likely N-dealkylation sites (N-methyl/N-ethyl adjacent to an activating group) is 2. The van der Waals surface area contributed by atoms with Crippen LogP contribution in [0, 0.1) is 5.82 Å². The molecular formula is C16H25FN2O2. The second-order valence-corrected chi connectivity index (χ2v) is 5.33. The fourth-order valence-electron chi connectivity index (χ4n) is 2.15. The van der Waals surface area contributed by atoms with E-state index < -0.39 is 0 Å². The minimum atomic E-state index is -0.280. The quantitative estimate of drug-likeness (QED) is 0.689. The van der Waals surface area contributed by atoms with Gasteiger partial charge in [0.15, 0.2) is 0 Å². The Kier molecular flexibility index (Phi) is 7.32. The van der Waals surface area contributed by atoms with E-state index >= 15 is 0 Å². The van der Waals surface area contributed by atoms with Crippen LogP contribution in [-0.4, -0.2) is 56.1 Å². The molecule has 1 aromatic rings. The van der Waals surface area contributed by atoms with Crippen LogP contribution < -0.4 is 0 Å². The van der Waals surface area contributed by atoms with Gasteiger partial charge in [0.05, 0.1) is 6.04 Å². The first kappa shape index (κ1) is 17.6. The smallest absolute Gasteiger partial charge is 0.239 e. The van der Waals surface area contributed by atoms with Crippen molar-refractivity contribution in [1.82, 2.24) is 9.80 Å². The molecule has 0 saturated heterocycles. The lowest BCUT2D eigenvalue weighted by molar-refractivity contribution is -0.135. The molecule has 0 aliphatic rings. The third-order valence-corrected chi connectivity index (χ3v) is 3.56. The van der Waals surface area contributed by atoms with Gasteiger partial charge in [-0.25, -0.2) is 4.39 Å². The number of nitrogens with zero attached hydrogens (tertiary/aromatic N) is 2. The van der Waals surface area contributed by atoms with E-state index in [0.29, 0.717) is 13.2 Å². The standard InChI is InChI=1S/C16H25FN2O2/c1-13(18(2)9-6-10-21-4)16(20)19(3)12-14-7-5-8-15(17)11-14/h5,7-8,11,13H,6,9-10,12H2,1-4H3. The summed E-state index contributed by atoms with van der Waals surface area (Å²) in [5.74, 6) is -0.253. The van der Waals surface area contributed by atoms with Crippen molar-refractivity contribution in [2.24, 2.45) is 0 Å². The van der Waals surface area contributed by atoms with E-state index in [9.17, 15) is 9.18 Å². The van der Waals surface area contributed by atoms with Crippen LogP contribution in [0.25, 0.3) is 0 Å². The molecule has 0 fully saturated rings. The molecule has 0 heterocycles. The number of carbonyl (C=O) groups is 1. The minimum Gasteiger partial charge on any atom is -0.385 e. The number of carbonyl (C=O) groups excluding carboxylic acids is 1. The number of methoxy groups -OCH3 is 1. The van der Waals surface area contributed by atoms with Crippen molar-refractivity contribution >= 4 is 5.91 Å². The van der Waals surface area contributed by atoms with Crippen molar-refractivity contribution in [2.45, 2.75) is 25.9 Å². The molecule has 118 valence electrons. The largest absolute Gasteiger partial charge is 0.385 e. The fourth-order valence-corrected chi connectivity index (χ4v) is 2.15. The summed E-state index contributed by atoms with van der Waals surface area (Å²) in [4.78, 5) is 16.0. The fraction of sp³-hybridized carbons (Fsp3) is 0.562. The van der Waals surface area contributed by atoms with Crippen LogP contribution in [0.1, 0.15) is 18.9 Å². The van der Waals surface area contributed by atoms with Gasteiger partial charge in [-0.05, 0) is 38.1 Å². The SMILES string of the molecule is COCCCN(C)C(C)C(=O)N(C)Cc1cccc(F)c1. The van der Waals surface area contributed by atoms with Gasteiger partial charge >= 0.3 is 0 Å². The lowest BCUT2D eigenvalue weighted by Crippen LogP contribution is -2.44. The minimum absolute atomic E-state index is 0.0270. The van der Waals surface area contributed by atoms with Gasteiger partial charge in [-0.1, -0.05) is 12.1 Å². The third-order valence-electron chi connectivity index (χ3n) is 3.56. The summed E-state index contributed by atoms with van der Waals surface area (Å²) in [6, 6.07) is 6.12. The normalized spacial score (nSPS) is 12.5. The molecule has 21 heavy (non-hydrogen) atoms. The number of benzene rings is 1. The monoisotopic (exact) mass is 296 g/mol. The third kappa shape index (κ3) is 5.81. The molecule has 0 spiro atoms. The second kappa shape index (κ2) is 8.74. The maximum atomic E-state index is 13.2. The summed E-state index contributed by atoms with van der Waals surface area (Å²) in [5.41, 5.74) is 0.792. The molecule has 5 heteroatoms. The average Bonchev–Trinajstić information content (AvgIpc) is 2.45. The zero-order valence-corrected chi connectivity index (χ0v) is 13.3. The summed E-state index contributed by atoms with van der Waals surface area (Å²) in [7, 11) is 5.34. The highest BCUT2D eigenvalue weighted by Crippen LogP contribution is 2.09. The van der Waals surface area contributed by atoms with Crippen LogP contribution >= 0.6 is 0 Å². The first-order chi connectivity index (χ1) is 9.95. The van der Waals surface area contributed by atoms with Gasteiger partial charge in [-0.15, -0.1) is 0 Å². The lowest BCUT2D eigenvalue weighted by Gasteiger charge is -2.28. The Balaban J connectivity index is 2.52. The van der Waals surface area contributed by atoms with Crippen molar-refractivity contribution in [3.63, 3.8) is 0 Å². The van der Waals surface area contributed by atoms with Crippen LogP contribution in [-0.2, 0) is 16.1 Å². The van der Waals surface area contributed by atoms with Gasteiger partial charge in [0.25, 0.3) is 0 Å². The van der Waals surface area contributed by atoms with Gasteiger partial charge in [-0.3, -0.25) is 9.69 Å². The summed E-state index contributed by atoms with van der Waals surface area (Å²) in [6.07, 6.45) is 0.887. The summed E-state index contributed by atoms with van der Waals surface area (Å²) >= 11 is 0. The Labute approximate surface area is 126 Å². The topological polar surface area (TPSA) is 32.8 Å². The van der Waals surface area contributed by atoms with Crippen molar-refractivity contribution in [2.75, 3.05) is 34.4 Å². The van der Waals surface area contributed by atoms with Crippen LogP contribution in [0.15, 0.2) is 24.3 Å². The zero-order valence-electron chi connectivity index (χ0n) is 13.3. The second-order valence-electron chi connectivity index (χ2n) is 5.33. The number of ether oxygens (including phenoxy) is 1. The number of hydrogen-bond donors (Lipinski definition) is 0. The van der Waals surface area contributed by atoms with Gasteiger partial charge in [0, 0.05) is 33.9 Å². The molecule has 0 bridgehead atoms. The van der Waals surface area contributed by atoms with Gasteiger partial charge in [0.1, 0.15) is 5.82 Å². The van der Waals surface area contributed by atoms with E-state index in [1.54, 1.807) is 25.1 Å². The van der Waals surface area contributed by atoms with Crippen LogP contribution in [0.2, 0.25) is 0 Å². The molecule has 0 aromatic heterocycles. The van der Waals surface area contributed by atoms with Crippen molar-refractivity contribution < 1.29 is 13.9 Å². The molecule has 4 nitrogen and oxygen atoms in total.